The Morgan fingerprint density at radius 3 is 2.20 bits per heavy atom. The number of aryl methyl sites for hydroxylation is 1. The highest BCUT2D eigenvalue weighted by Crippen LogP contribution is 2.26. The molecule has 0 aliphatic carbocycles. The van der Waals surface area contributed by atoms with E-state index < -0.39 is 12.2 Å². The Hall–Kier alpha value is -1.89. The lowest BCUT2D eigenvalue weighted by Gasteiger charge is -2.09. The van der Waals surface area contributed by atoms with Crippen LogP contribution in [0.25, 0.3) is 11.4 Å². The molecule has 0 amide bonds. The van der Waals surface area contributed by atoms with Crippen molar-refractivity contribution in [3.63, 3.8) is 0 Å². The van der Waals surface area contributed by atoms with Gasteiger partial charge in [0.1, 0.15) is 5.75 Å². The number of nitrogens with zero attached hydrogens (tertiary/aromatic N) is 2. The number of hydrogen-bond acceptors (Lipinski definition) is 3. The molecule has 1 heterocycles. The molecule has 0 N–H and O–H groups in total. The summed E-state index contributed by atoms with van der Waals surface area (Å²) in [6.45, 7) is 1.41. The molecule has 1 aromatic heterocycles. The van der Waals surface area contributed by atoms with E-state index in [1.807, 2.05) is 0 Å². The van der Waals surface area contributed by atoms with Gasteiger partial charge in [-0.3, -0.25) is 0 Å². The lowest BCUT2D eigenvalue weighted by molar-refractivity contribution is -0.274. The minimum absolute atomic E-state index is 0.0515. The number of halogens is 5. The molecule has 0 fully saturated rings. The summed E-state index contributed by atoms with van der Waals surface area (Å²) < 4.78 is 53.0. The quantitative estimate of drug-likeness (QED) is 0.618. The molecule has 0 aliphatic rings. The van der Waals surface area contributed by atoms with Gasteiger partial charge in [0.15, 0.2) is 16.8 Å². The van der Waals surface area contributed by atoms with E-state index in [0.717, 1.165) is 12.1 Å². The molecule has 0 saturated heterocycles. The predicted octanol–water partition coefficient (Wildman–Crippen LogP) is 4.14. The maximum absolute atomic E-state index is 13.3. The van der Waals surface area contributed by atoms with E-state index >= 15 is 0 Å². The van der Waals surface area contributed by atoms with Crippen molar-refractivity contribution in [1.82, 2.24) is 9.97 Å². The summed E-state index contributed by atoms with van der Waals surface area (Å²) in [4.78, 5) is 7.60. The molecular formula is C12H7ClF4N2O. The molecular weight excluding hydrogens is 300 g/mol. The van der Waals surface area contributed by atoms with Crippen LogP contribution >= 0.6 is 11.6 Å². The van der Waals surface area contributed by atoms with Crippen molar-refractivity contribution in [3.05, 3.63) is 40.9 Å². The second-order valence-electron chi connectivity index (χ2n) is 3.81. The van der Waals surface area contributed by atoms with Crippen molar-refractivity contribution in [1.29, 1.82) is 0 Å². The zero-order chi connectivity index (χ0) is 14.9. The molecule has 2 rings (SSSR count). The van der Waals surface area contributed by atoms with Gasteiger partial charge >= 0.3 is 6.36 Å². The maximum Gasteiger partial charge on any atom is 0.573 e. The van der Waals surface area contributed by atoms with Crippen molar-refractivity contribution >= 4 is 11.6 Å². The third-order valence-corrected chi connectivity index (χ3v) is 2.57. The first-order valence-electron chi connectivity index (χ1n) is 5.32. The maximum atomic E-state index is 13.3. The average molecular weight is 307 g/mol. The number of ether oxygens (including phenoxy) is 1. The first kappa shape index (κ1) is 14.5. The van der Waals surface area contributed by atoms with E-state index in [1.54, 1.807) is 0 Å². The third-order valence-electron chi connectivity index (χ3n) is 2.32. The zero-order valence-electron chi connectivity index (χ0n) is 10.0. The molecule has 0 atom stereocenters. The van der Waals surface area contributed by atoms with Crippen molar-refractivity contribution in [2.75, 3.05) is 0 Å². The third kappa shape index (κ3) is 3.36. The highest BCUT2D eigenvalue weighted by Gasteiger charge is 2.31. The van der Waals surface area contributed by atoms with E-state index in [1.165, 1.54) is 19.1 Å². The molecule has 1 aromatic carbocycles. The van der Waals surface area contributed by atoms with E-state index in [0.29, 0.717) is 5.56 Å². The highest BCUT2D eigenvalue weighted by molar-refractivity contribution is 6.29. The van der Waals surface area contributed by atoms with Crippen LogP contribution in [0.3, 0.4) is 0 Å². The molecule has 3 nitrogen and oxygen atoms in total. The number of benzene rings is 1. The molecule has 0 aliphatic heterocycles. The van der Waals surface area contributed by atoms with Gasteiger partial charge in [0, 0.05) is 5.56 Å². The summed E-state index contributed by atoms with van der Waals surface area (Å²) in [5.41, 5.74) is 0.445. The summed E-state index contributed by atoms with van der Waals surface area (Å²) in [5.74, 6) is -0.980. The minimum atomic E-state index is -4.76. The van der Waals surface area contributed by atoms with Gasteiger partial charge in [0.2, 0.25) is 0 Å². The fraction of sp³-hybridized carbons (Fsp3) is 0.167. The minimum Gasteiger partial charge on any atom is -0.406 e. The molecule has 0 bridgehead atoms. The largest absolute Gasteiger partial charge is 0.573 e. The van der Waals surface area contributed by atoms with Gasteiger partial charge in [-0.05, 0) is 31.2 Å². The van der Waals surface area contributed by atoms with E-state index in [2.05, 4.69) is 14.7 Å². The molecule has 106 valence electrons. The molecule has 0 spiro atoms. The van der Waals surface area contributed by atoms with Gasteiger partial charge in [0.05, 0.1) is 5.69 Å². The monoisotopic (exact) mass is 306 g/mol. The van der Waals surface area contributed by atoms with Crippen LogP contribution in [0.5, 0.6) is 5.75 Å². The van der Waals surface area contributed by atoms with Crippen LogP contribution in [0.2, 0.25) is 5.15 Å². The summed E-state index contributed by atoms with van der Waals surface area (Å²) >= 11 is 5.59. The highest BCUT2D eigenvalue weighted by atomic mass is 35.5. The summed E-state index contributed by atoms with van der Waals surface area (Å²) in [6.07, 6.45) is -4.76. The molecule has 2 aromatic rings. The van der Waals surface area contributed by atoms with Gasteiger partial charge in [-0.15, -0.1) is 13.2 Å². The van der Waals surface area contributed by atoms with Gasteiger partial charge in [-0.25, -0.2) is 14.4 Å². The summed E-state index contributed by atoms with van der Waals surface area (Å²) in [6, 6.07) is 4.87. The Labute approximate surface area is 116 Å². The molecule has 0 radical (unpaired) electrons. The van der Waals surface area contributed by atoms with Crippen LogP contribution in [-0.2, 0) is 0 Å². The second kappa shape index (κ2) is 5.24. The Morgan fingerprint density at radius 1 is 1.10 bits per heavy atom. The van der Waals surface area contributed by atoms with Crippen LogP contribution in [0.1, 0.15) is 5.69 Å². The first-order chi connectivity index (χ1) is 9.26. The molecule has 0 unspecified atom stereocenters. The predicted molar refractivity (Wildman–Crippen MR) is 63.9 cm³/mol. The average Bonchev–Trinajstić information content (AvgIpc) is 2.34. The Balaban J connectivity index is 2.31. The first-order valence-corrected chi connectivity index (χ1v) is 5.70. The normalized spacial score (nSPS) is 11.5. The number of hydrogen-bond donors (Lipinski definition) is 0. The van der Waals surface area contributed by atoms with Crippen LogP contribution < -0.4 is 4.74 Å². The van der Waals surface area contributed by atoms with Crippen LogP contribution in [0.15, 0.2) is 24.3 Å². The van der Waals surface area contributed by atoms with Crippen molar-refractivity contribution in [2.45, 2.75) is 13.3 Å². The number of alkyl halides is 3. The van der Waals surface area contributed by atoms with Gasteiger partial charge in [-0.2, -0.15) is 0 Å². The van der Waals surface area contributed by atoms with Crippen LogP contribution in [-0.4, -0.2) is 16.3 Å². The smallest absolute Gasteiger partial charge is 0.406 e. The van der Waals surface area contributed by atoms with E-state index in [9.17, 15) is 17.6 Å². The topological polar surface area (TPSA) is 35.0 Å². The van der Waals surface area contributed by atoms with Crippen LogP contribution in [0, 0.1) is 12.7 Å². The Kier molecular flexibility index (Phi) is 3.80. The molecule has 20 heavy (non-hydrogen) atoms. The van der Waals surface area contributed by atoms with Crippen LogP contribution in [0.4, 0.5) is 17.6 Å². The van der Waals surface area contributed by atoms with Gasteiger partial charge < -0.3 is 4.74 Å². The fourth-order valence-corrected chi connectivity index (χ4v) is 1.68. The molecule has 0 saturated carbocycles. The second-order valence-corrected chi connectivity index (χ2v) is 4.17. The lowest BCUT2D eigenvalue weighted by Crippen LogP contribution is -2.16. The zero-order valence-corrected chi connectivity index (χ0v) is 10.8. The van der Waals surface area contributed by atoms with Crippen molar-refractivity contribution in [3.8, 4) is 17.1 Å². The standard InChI is InChI=1S/C12H7ClF4N2O/c1-6-9(14)10(13)19-11(18-6)7-2-4-8(5-3-7)20-12(15,16)17/h2-5H,1H3. The number of rotatable bonds is 2. The van der Waals surface area contributed by atoms with Crippen molar-refractivity contribution in [2.24, 2.45) is 0 Å². The Bertz CT molecular complexity index is 605. The molecule has 8 heteroatoms. The van der Waals surface area contributed by atoms with E-state index in [-0.39, 0.29) is 22.4 Å². The van der Waals surface area contributed by atoms with Gasteiger partial charge in [0.25, 0.3) is 0 Å². The van der Waals surface area contributed by atoms with Gasteiger partial charge in [-0.1, -0.05) is 11.6 Å². The summed E-state index contributed by atoms with van der Waals surface area (Å²) in [7, 11) is 0. The Morgan fingerprint density at radius 2 is 1.70 bits per heavy atom. The van der Waals surface area contributed by atoms with Crippen molar-refractivity contribution < 1.29 is 22.3 Å². The number of aromatic nitrogens is 2. The summed E-state index contributed by atoms with van der Waals surface area (Å²) in [5, 5.41) is -0.344. The SMILES string of the molecule is Cc1nc(-c2ccc(OC(F)(F)F)cc2)nc(Cl)c1F. The van der Waals surface area contributed by atoms with E-state index in [4.69, 9.17) is 11.6 Å². The fourth-order valence-electron chi connectivity index (χ4n) is 1.46. The lowest BCUT2D eigenvalue weighted by atomic mass is 10.2.